The van der Waals surface area contributed by atoms with E-state index in [1.54, 1.807) is 0 Å². The number of halogens is 1. The topological polar surface area (TPSA) is 88.9 Å². The van der Waals surface area contributed by atoms with E-state index in [2.05, 4.69) is 19.9 Å². The summed E-state index contributed by atoms with van der Waals surface area (Å²) >= 11 is 0. The molecule has 25 heavy (non-hydrogen) atoms. The lowest BCUT2D eigenvalue weighted by molar-refractivity contribution is 0.315. The predicted octanol–water partition coefficient (Wildman–Crippen LogP) is 1.63. The van der Waals surface area contributed by atoms with E-state index in [0.29, 0.717) is 22.5 Å². The van der Waals surface area contributed by atoms with Gasteiger partial charge in [-0.1, -0.05) is 0 Å². The SMILES string of the molecule is N#CCC(=C=O)N1CCC2(CCN(c3ncnc4[nH]cc(F)c34)C2)C1. The molecular weight excluding hydrogens is 323 g/mol. The summed E-state index contributed by atoms with van der Waals surface area (Å²) < 4.78 is 14.1. The lowest BCUT2D eigenvalue weighted by Gasteiger charge is -2.25. The standard InChI is InChI=1S/C17H17FN6O/c18-13-7-20-15-14(13)16(22-11-21-15)24-6-3-17(10-24)2-5-23(9-17)12(8-25)1-4-19/h7,11H,1-3,5-6,9-10H2,(H,20,21,22). The van der Waals surface area contributed by atoms with Gasteiger partial charge in [0.05, 0.1) is 17.9 Å². The van der Waals surface area contributed by atoms with Crippen molar-refractivity contribution in [2.45, 2.75) is 19.3 Å². The molecule has 2 aliphatic rings. The lowest BCUT2D eigenvalue weighted by atomic mass is 9.86. The number of fused-ring (bicyclic) bond motifs is 1. The van der Waals surface area contributed by atoms with Crippen molar-refractivity contribution >= 4 is 22.8 Å². The van der Waals surface area contributed by atoms with Gasteiger partial charge in [-0.15, -0.1) is 0 Å². The molecule has 2 aliphatic heterocycles. The first-order valence-corrected chi connectivity index (χ1v) is 8.24. The van der Waals surface area contributed by atoms with Gasteiger partial charge >= 0.3 is 0 Å². The summed E-state index contributed by atoms with van der Waals surface area (Å²) in [6, 6.07) is 2.02. The Bertz CT molecular complexity index is 911. The molecule has 2 fully saturated rings. The minimum Gasteiger partial charge on any atom is -0.364 e. The number of hydrogen-bond donors (Lipinski definition) is 1. The van der Waals surface area contributed by atoms with E-state index in [9.17, 15) is 9.18 Å². The number of likely N-dealkylation sites (tertiary alicyclic amines) is 1. The second-order valence-electron chi connectivity index (χ2n) is 6.78. The number of nitrogens with one attached hydrogen (secondary N) is 1. The smallest absolute Gasteiger partial charge is 0.153 e. The van der Waals surface area contributed by atoms with Crippen molar-refractivity contribution in [3.8, 4) is 6.07 Å². The summed E-state index contributed by atoms with van der Waals surface area (Å²) in [5.74, 6) is 2.17. The number of aromatic amines is 1. The summed E-state index contributed by atoms with van der Waals surface area (Å²) in [5, 5.41) is 9.27. The van der Waals surface area contributed by atoms with Crippen LogP contribution in [0.15, 0.2) is 18.2 Å². The molecule has 1 atom stereocenters. The summed E-state index contributed by atoms with van der Waals surface area (Å²) in [6.45, 7) is 3.00. The maximum absolute atomic E-state index is 14.1. The Labute approximate surface area is 143 Å². The van der Waals surface area contributed by atoms with Crippen molar-refractivity contribution in [2.75, 3.05) is 31.1 Å². The van der Waals surface area contributed by atoms with Crippen molar-refractivity contribution in [2.24, 2.45) is 5.41 Å². The Morgan fingerprint density at radius 1 is 1.36 bits per heavy atom. The minimum atomic E-state index is -0.347. The normalized spacial score (nSPS) is 22.6. The van der Waals surface area contributed by atoms with Gasteiger partial charge in [0.2, 0.25) is 0 Å². The van der Waals surface area contributed by atoms with Gasteiger partial charge in [-0.25, -0.2) is 19.2 Å². The Balaban J connectivity index is 1.57. The third-order valence-corrected chi connectivity index (χ3v) is 5.32. The Morgan fingerprint density at radius 2 is 2.20 bits per heavy atom. The quantitative estimate of drug-likeness (QED) is 0.854. The number of anilines is 1. The van der Waals surface area contributed by atoms with Crippen molar-refractivity contribution < 1.29 is 9.18 Å². The van der Waals surface area contributed by atoms with Crippen molar-refractivity contribution in [1.29, 1.82) is 5.26 Å². The molecule has 0 radical (unpaired) electrons. The number of nitriles is 1. The molecular formula is C17H17FN6O. The molecule has 128 valence electrons. The summed E-state index contributed by atoms with van der Waals surface area (Å²) in [6.07, 6.45) is 4.71. The van der Waals surface area contributed by atoms with Crippen LogP contribution in [0.3, 0.4) is 0 Å². The van der Waals surface area contributed by atoms with Crippen LogP contribution in [0.2, 0.25) is 0 Å². The van der Waals surface area contributed by atoms with Crippen molar-refractivity contribution in [3.63, 3.8) is 0 Å². The zero-order chi connectivity index (χ0) is 17.4. The molecule has 1 N–H and O–H groups in total. The summed E-state index contributed by atoms with van der Waals surface area (Å²) in [4.78, 5) is 26.4. The van der Waals surface area contributed by atoms with Gasteiger partial charge in [-0.2, -0.15) is 5.26 Å². The van der Waals surface area contributed by atoms with Crippen LogP contribution >= 0.6 is 0 Å². The van der Waals surface area contributed by atoms with Crippen LogP contribution in [0.4, 0.5) is 10.2 Å². The van der Waals surface area contributed by atoms with E-state index < -0.39 is 0 Å². The molecule has 4 rings (SSSR count). The summed E-state index contributed by atoms with van der Waals surface area (Å²) in [7, 11) is 0. The molecule has 4 heterocycles. The number of hydrogen-bond acceptors (Lipinski definition) is 6. The maximum Gasteiger partial charge on any atom is 0.153 e. The summed E-state index contributed by atoms with van der Waals surface area (Å²) in [5.41, 5.74) is 0.956. The monoisotopic (exact) mass is 340 g/mol. The number of H-pyrrole nitrogens is 1. The van der Waals surface area contributed by atoms with Gasteiger partial charge < -0.3 is 14.8 Å². The van der Waals surface area contributed by atoms with E-state index in [0.717, 1.165) is 39.0 Å². The number of rotatable bonds is 3. The van der Waals surface area contributed by atoms with Crippen LogP contribution in [-0.4, -0.2) is 52.0 Å². The van der Waals surface area contributed by atoms with Crippen LogP contribution in [-0.2, 0) is 4.79 Å². The fourth-order valence-electron chi connectivity index (χ4n) is 4.05. The molecule has 0 aliphatic carbocycles. The van der Waals surface area contributed by atoms with E-state index >= 15 is 0 Å². The highest BCUT2D eigenvalue weighted by atomic mass is 19.1. The molecule has 7 nitrogen and oxygen atoms in total. The molecule has 0 aromatic carbocycles. The second-order valence-corrected chi connectivity index (χ2v) is 6.78. The van der Waals surface area contributed by atoms with Crippen LogP contribution in [0.1, 0.15) is 19.3 Å². The van der Waals surface area contributed by atoms with E-state index in [-0.39, 0.29) is 17.7 Å². The third kappa shape index (κ3) is 2.53. The van der Waals surface area contributed by atoms with Crippen LogP contribution in [0.25, 0.3) is 11.0 Å². The van der Waals surface area contributed by atoms with Crippen LogP contribution < -0.4 is 4.90 Å². The van der Waals surface area contributed by atoms with Gasteiger partial charge in [0.15, 0.2) is 5.82 Å². The average Bonchev–Trinajstić information content (AvgIpc) is 3.33. The molecule has 2 aromatic rings. The van der Waals surface area contributed by atoms with Crippen molar-refractivity contribution in [1.82, 2.24) is 19.9 Å². The number of aromatic nitrogens is 3. The molecule has 0 saturated carbocycles. The van der Waals surface area contributed by atoms with Gasteiger partial charge in [0, 0.05) is 37.8 Å². The average molecular weight is 340 g/mol. The molecule has 1 spiro atoms. The Hall–Kier alpha value is -2.91. The largest absolute Gasteiger partial charge is 0.364 e. The first-order valence-electron chi connectivity index (χ1n) is 8.24. The molecule has 0 amide bonds. The highest BCUT2D eigenvalue weighted by Crippen LogP contribution is 2.42. The highest BCUT2D eigenvalue weighted by Gasteiger charge is 2.44. The van der Waals surface area contributed by atoms with Crippen LogP contribution in [0, 0.1) is 22.6 Å². The molecule has 8 heteroatoms. The van der Waals surface area contributed by atoms with E-state index in [4.69, 9.17) is 5.26 Å². The number of nitrogens with zero attached hydrogens (tertiary/aromatic N) is 5. The maximum atomic E-state index is 14.1. The Kier molecular flexibility index (Phi) is 3.66. The van der Waals surface area contributed by atoms with E-state index in [1.807, 2.05) is 16.9 Å². The van der Waals surface area contributed by atoms with Gasteiger partial charge in [-0.3, -0.25) is 0 Å². The first-order chi connectivity index (χ1) is 12.2. The number of carbonyl (C=O) groups excluding carboxylic acids is 1. The molecule has 1 unspecified atom stereocenters. The van der Waals surface area contributed by atoms with E-state index in [1.165, 1.54) is 12.5 Å². The third-order valence-electron chi connectivity index (χ3n) is 5.32. The Morgan fingerprint density at radius 3 is 3.00 bits per heavy atom. The fourth-order valence-corrected chi connectivity index (χ4v) is 4.05. The highest BCUT2D eigenvalue weighted by molar-refractivity contribution is 5.88. The van der Waals surface area contributed by atoms with Gasteiger partial charge in [0.25, 0.3) is 0 Å². The van der Waals surface area contributed by atoms with Crippen molar-refractivity contribution in [3.05, 3.63) is 24.0 Å². The minimum absolute atomic E-state index is 0.0294. The molecule has 2 aromatic heterocycles. The lowest BCUT2D eigenvalue weighted by Crippen LogP contribution is -2.31. The predicted molar refractivity (Wildman–Crippen MR) is 88.7 cm³/mol. The fraction of sp³-hybridized carbons (Fsp3) is 0.471. The van der Waals surface area contributed by atoms with Gasteiger partial charge in [-0.05, 0) is 12.8 Å². The zero-order valence-electron chi connectivity index (χ0n) is 13.6. The van der Waals surface area contributed by atoms with Gasteiger partial charge in [0.1, 0.15) is 29.4 Å². The molecule has 2 saturated heterocycles. The number of allylic oxidation sites excluding steroid dienone is 1. The second kappa shape index (κ2) is 5.87. The molecule has 0 bridgehead atoms. The zero-order valence-corrected chi connectivity index (χ0v) is 13.6. The first kappa shape index (κ1) is 15.6. The van der Waals surface area contributed by atoms with Crippen LogP contribution in [0.5, 0.6) is 0 Å².